The first-order valence-electron chi connectivity index (χ1n) is 6.90. The van der Waals surface area contributed by atoms with Gasteiger partial charge in [-0.3, -0.25) is 0 Å². The Morgan fingerprint density at radius 2 is 2.33 bits per heavy atom. The molecule has 2 aliphatic heterocycles. The molecule has 3 heteroatoms. The van der Waals surface area contributed by atoms with Gasteiger partial charge in [0.15, 0.2) is 0 Å². The maximum absolute atomic E-state index is 5.53. The Balaban J connectivity index is 1.81. The Kier molecular flexibility index (Phi) is 3.16. The van der Waals surface area contributed by atoms with Crippen molar-refractivity contribution in [1.82, 2.24) is 4.90 Å². The van der Waals surface area contributed by atoms with Crippen LogP contribution in [0, 0.1) is 0 Å². The fourth-order valence-corrected chi connectivity index (χ4v) is 3.44. The quantitative estimate of drug-likeness (QED) is 0.887. The number of rotatable bonds is 3. The fourth-order valence-electron chi connectivity index (χ4n) is 3.44. The summed E-state index contributed by atoms with van der Waals surface area (Å²) < 4.78 is 5.53. The third-order valence-electron chi connectivity index (χ3n) is 4.46. The summed E-state index contributed by atoms with van der Waals surface area (Å²) in [4.78, 5) is 2.51. The second kappa shape index (κ2) is 4.81. The van der Waals surface area contributed by atoms with Crippen LogP contribution >= 0.6 is 0 Å². The lowest BCUT2D eigenvalue weighted by Gasteiger charge is -2.23. The molecule has 0 aromatic heterocycles. The van der Waals surface area contributed by atoms with E-state index in [4.69, 9.17) is 4.74 Å². The second-order valence-corrected chi connectivity index (χ2v) is 5.51. The Morgan fingerprint density at radius 1 is 1.44 bits per heavy atom. The van der Waals surface area contributed by atoms with Gasteiger partial charge in [-0.15, -0.1) is 0 Å². The first-order valence-corrected chi connectivity index (χ1v) is 6.90. The Hall–Kier alpha value is -1.22. The van der Waals surface area contributed by atoms with Crippen molar-refractivity contribution in [2.75, 3.05) is 32.6 Å². The number of hydrogen-bond donors (Lipinski definition) is 1. The first-order chi connectivity index (χ1) is 8.79. The molecule has 1 saturated heterocycles. The van der Waals surface area contributed by atoms with Gasteiger partial charge in [-0.25, -0.2) is 0 Å². The standard InChI is InChI=1S/C15H22N2O/c1-17-8-4-5-12(17)9-11-10-16-13-6-3-7-14(18-2)15(11)13/h3,6-7,11-12,16H,4-5,8-10H2,1-2H3. The van der Waals surface area contributed by atoms with E-state index in [0.717, 1.165) is 18.3 Å². The summed E-state index contributed by atoms with van der Waals surface area (Å²) in [5, 5.41) is 3.52. The van der Waals surface area contributed by atoms with Gasteiger partial charge in [0.1, 0.15) is 5.75 Å². The average molecular weight is 246 g/mol. The summed E-state index contributed by atoms with van der Waals surface area (Å²) >= 11 is 0. The van der Waals surface area contributed by atoms with Gasteiger partial charge in [0.2, 0.25) is 0 Å². The topological polar surface area (TPSA) is 24.5 Å². The van der Waals surface area contributed by atoms with Crippen molar-refractivity contribution in [3.8, 4) is 5.75 Å². The van der Waals surface area contributed by atoms with Crippen molar-refractivity contribution < 1.29 is 4.74 Å². The maximum Gasteiger partial charge on any atom is 0.124 e. The lowest BCUT2D eigenvalue weighted by molar-refractivity contribution is 0.283. The highest BCUT2D eigenvalue weighted by Crippen LogP contribution is 2.41. The summed E-state index contributed by atoms with van der Waals surface area (Å²) in [6.45, 7) is 2.31. The summed E-state index contributed by atoms with van der Waals surface area (Å²) in [6, 6.07) is 7.05. The molecule has 0 spiro atoms. The minimum atomic E-state index is 0.599. The summed E-state index contributed by atoms with van der Waals surface area (Å²) in [7, 11) is 4.02. The van der Waals surface area contributed by atoms with Crippen molar-refractivity contribution in [1.29, 1.82) is 0 Å². The molecule has 2 unspecified atom stereocenters. The smallest absolute Gasteiger partial charge is 0.124 e. The number of ether oxygens (including phenoxy) is 1. The summed E-state index contributed by atoms with van der Waals surface area (Å²) in [5.74, 6) is 1.64. The van der Waals surface area contributed by atoms with Crippen LogP contribution in [-0.4, -0.2) is 38.2 Å². The van der Waals surface area contributed by atoms with Crippen molar-refractivity contribution in [3.05, 3.63) is 23.8 Å². The molecule has 3 nitrogen and oxygen atoms in total. The third kappa shape index (κ3) is 1.97. The van der Waals surface area contributed by atoms with Crippen LogP contribution in [0.4, 0.5) is 5.69 Å². The van der Waals surface area contributed by atoms with Crippen LogP contribution in [0.1, 0.15) is 30.7 Å². The molecule has 0 bridgehead atoms. The van der Waals surface area contributed by atoms with E-state index in [1.54, 1.807) is 7.11 Å². The van der Waals surface area contributed by atoms with E-state index in [0.29, 0.717) is 5.92 Å². The van der Waals surface area contributed by atoms with Crippen LogP contribution in [0.25, 0.3) is 0 Å². The first kappa shape index (κ1) is 11.8. The predicted molar refractivity (Wildman–Crippen MR) is 74.5 cm³/mol. The predicted octanol–water partition coefficient (Wildman–Crippen LogP) is 2.69. The minimum absolute atomic E-state index is 0.599. The minimum Gasteiger partial charge on any atom is -0.496 e. The van der Waals surface area contributed by atoms with Crippen molar-refractivity contribution >= 4 is 5.69 Å². The number of nitrogens with zero attached hydrogens (tertiary/aromatic N) is 1. The van der Waals surface area contributed by atoms with E-state index in [9.17, 15) is 0 Å². The highest BCUT2D eigenvalue weighted by molar-refractivity contribution is 5.63. The Morgan fingerprint density at radius 3 is 3.06 bits per heavy atom. The highest BCUT2D eigenvalue weighted by atomic mass is 16.5. The summed E-state index contributed by atoms with van der Waals surface area (Å²) in [5.41, 5.74) is 2.65. The Labute approximate surface area is 109 Å². The molecule has 1 aromatic carbocycles. The zero-order valence-corrected chi connectivity index (χ0v) is 11.3. The number of benzene rings is 1. The Bertz CT molecular complexity index is 433. The van der Waals surface area contributed by atoms with E-state index in [-0.39, 0.29) is 0 Å². The molecule has 0 amide bonds. The molecular weight excluding hydrogens is 224 g/mol. The van der Waals surface area contributed by atoms with Gasteiger partial charge in [0, 0.05) is 29.8 Å². The van der Waals surface area contributed by atoms with E-state index in [1.165, 1.54) is 37.1 Å². The maximum atomic E-state index is 5.53. The molecular formula is C15H22N2O. The van der Waals surface area contributed by atoms with Crippen LogP contribution in [0.15, 0.2) is 18.2 Å². The SMILES string of the molecule is COc1cccc2c1C(CC1CCCN1C)CN2. The molecule has 2 heterocycles. The van der Waals surface area contributed by atoms with Gasteiger partial charge < -0.3 is 15.0 Å². The third-order valence-corrected chi connectivity index (χ3v) is 4.46. The highest BCUT2D eigenvalue weighted by Gasteiger charge is 2.31. The molecule has 2 atom stereocenters. The van der Waals surface area contributed by atoms with Gasteiger partial charge in [0.25, 0.3) is 0 Å². The van der Waals surface area contributed by atoms with Crippen LogP contribution < -0.4 is 10.1 Å². The lowest BCUT2D eigenvalue weighted by atomic mass is 9.92. The number of anilines is 1. The van der Waals surface area contributed by atoms with Crippen molar-refractivity contribution in [3.63, 3.8) is 0 Å². The van der Waals surface area contributed by atoms with E-state index >= 15 is 0 Å². The zero-order valence-electron chi connectivity index (χ0n) is 11.3. The molecule has 0 aliphatic carbocycles. The zero-order chi connectivity index (χ0) is 12.5. The number of nitrogens with one attached hydrogen (secondary N) is 1. The molecule has 0 saturated carbocycles. The van der Waals surface area contributed by atoms with Crippen molar-refractivity contribution in [2.24, 2.45) is 0 Å². The van der Waals surface area contributed by atoms with Gasteiger partial charge in [0.05, 0.1) is 7.11 Å². The molecule has 1 fully saturated rings. The van der Waals surface area contributed by atoms with Crippen LogP contribution in [0.3, 0.4) is 0 Å². The molecule has 0 radical (unpaired) electrons. The largest absolute Gasteiger partial charge is 0.496 e. The number of likely N-dealkylation sites (tertiary alicyclic amines) is 1. The fraction of sp³-hybridized carbons (Fsp3) is 0.600. The summed E-state index contributed by atoms with van der Waals surface area (Å²) in [6.07, 6.45) is 3.94. The van der Waals surface area contributed by atoms with Gasteiger partial charge in [-0.2, -0.15) is 0 Å². The van der Waals surface area contributed by atoms with Crippen LogP contribution in [-0.2, 0) is 0 Å². The second-order valence-electron chi connectivity index (χ2n) is 5.51. The molecule has 18 heavy (non-hydrogen) atoms. The number of fused-ring (bicyclic) bond motifs is 1. The molecule has 1 N–H and O–H groups in total. The van der Waals surface area contributed by atoms with Gasteiger partial charge >= 0.3 is 0 Å². The van der Waals surface area contributed by atoms with Crippen molar-refractivity contribution in [2.45, 2.75) is 31.2 Å². The molecule has 3 rings (SSSR count). The van der Waals surface area contributed by atoms with E-state index < -0.39 is 0 Å². The van der Waals surface area contributed by atoms with Gasteiger partial charge in [-0.1, -0.05) is 6.07 Å². The number of methoxy groups -OCH3 is 1. The normalized spacial score (nSPS) is 27.0. The van der Waals surface area contributed by atoms with E-state index in [1.807, 2.05) is 0 Å². The monoisotopic (exact) mass is 246 g/mol. The van der Waals surface area contributed by atoms with E-state index in [2.05, 4.69) is 35.5 Å². The average Bonchev–Trinajstić information content (AvgIpc) is 2.97. The molecule has 2 aliphatic rings. The number of hydrogen-bond acceptors (Lipinski definition) is 3. The molecule has 1 aromatic rings. The van der Waals surface area contributed by atoms with Gasteiger partial charge in [-0.05, 0) is 45.0 Å². The molecule has 98 valence electrons. The van der Waals surface area contributed by atoms with Crippen LogP contribution in [0.5, 0.6) is 5.75 Å². The lowest BCUT2D eigenvalue weighted by Crippen LogP contribution is -2.27. The van der Waals surface area contributed by atoms with Crippen LogP contribution in [0.2, 0.25) is 0 Å².